The highest BCUT2D eigenvalue weighted by Crippen LogP contribution is 2.34. The van der Waals surface area contributed by atoms with Gasteiger partial charge in [0.1, 0.15) is 13.2 Å². The predicted octanol–water partition coefficient (Wildman–Crippen LogP) is 1.36. The molecular weight excluding hydrogens is 197 g/mol. The van der Waals surface area contributed by atoms with Crippen LogP contribution in [0.3, 0.4) is 0 Å². The number of hydrogen-bond donors (Lipinski definition) is 1. The van der Waals surface area contributed by atoms with Crippen molar-refractivity contribution in [3.8, 4) is 11.5 Å². The molecule has 2 rings (SSSR count). The largest absolute Gasteiger partial charge is 0.486 e. The zero-order valence-electron chi connectivity index (χ0n) is 8.68. The van der Waals surface area contributed by atoms with Crippen LogP contribution in [-0.4, -0.2) is 26.8 Å². The Morgan fingerprint density at radius 3 is 2.93 bits per heavy atom. The SMILES string of the molecule is CNCCc1ccc2c(c1F)OCCO2. The molecule has 0 amide bonds. The van der Waals surface area contributed by atoms with Crippen molar-refractivity contribution >= 4 is 0 Å². The Bertz CT molecular complexity index is 355. The van der Waals surface area contributed by atoms with Gasteiger partial charge in [-0.25, -0.2) is 4.39 Å². The molecule has 0 bridgehead atoms. The van der Waals surface area contributed by atoms with Gasteiger partial charge in [0.25, 0.3) is 0 Å². The first-order valence-electron chi connectivity index (χ1n) is 5.04. The van der Waals surface area contributed by atoms with Crippen LogP contribution in [0.15, 0.2) is 12.1 Å². The number of hydrogen-bond acceptors (Lipinski definition) is 3. The second-order valence-corrected chi connectivity index (χ2v) is 3.42. The highest BCUT2D eigenvalue weighted by Gasteiger charge is 2.18. The van der Waals surface area contributed by atoms with Crippen LogP contribution in [0.1, 0.15) is 5.56 Å². The monoisotopic (exact) mass is 211 g/mol. The van der Waals surface area contributed by atoms with Gasteiger partial charge in [0.05, 0.1) is 0 Å². The third-order valence-corrected chi connectivity index (χ3v) is 2.37. The highest BCUT2D eigenvalue weighted by atomic mass is 19.1. The zero-order chi connectivity index (χ0) is 10.7. The third-order valence-electron chi connectivity index (χ3n) is 2.37. The summed E-state index contributed by atoms with van der Waals surface area (Å²) < 4.78 is 24.4. The van der Waals surface area contributed by atoms with E-state index in [1.807, 2.05) is 7.05 Å². The summed E-state index contributed by atoms with van der Waals surface area (Å²) in [6.07, 6.45) is 0.652. The summed E-state index contributed by atoms with van der Waals surface area (Å²) in [5.41, 5.74) is 0.661. The van der Waals surface area contributed by atoms with Crippen LogP contribution in [0.25, 0.3) is 0 Å². The Kier molecular flexibility index (Phi) is 3.06. The minimum atomic E-state index is -0.289. The number of fused-ring (bicyclic) bond motifs is 1. The smallest absolute Gasteiger partial charge is 0.197 e. The van der Waals surface area contributed by atoms with Crippen molar-refractivity contribution in [2.24, 2.45) is 0 Å². The minimum Gasteiger partial charge on any atom is -0.486 e. The van der Waals surface area contributed by atoms with Gasteiger partial charge in [0, 0.05) is 0 Å². The van der Waals surface area contributed by atoms with Crippen LogP contribution in [-0.2, 0) is 6.42 Å². The molecule has 82 valence electrons. The molecule has 0 radical (unpaired) electrons. The quantitative estimate of drug-likeness (QED) is 0.818. The summed E-state index contributed by atoms with van der Waals surface area (Å²) >= 11 is 0. The molecule has 0 atom stereocenters. The van der Waals surface area contributed by atoms with Gasteiger partial charge >= 0.3 is 0 Å². The molecule has 1 aromatic rings. The van der Waals surface area contributed by atoms with Crippen molar-refractivity contribution in [3.63, 3.8) is 0 Å². The molecule has 1 N–H and O–H groups in total. The maximum Gasteiger partial charge on any atom is 0.197 e. The highest BCUT2D eigenvalue weighted by molar-refractivity contribution is 5.45. The number of rotatable bonds is 3. The van der Waals surface area contributed by atoms with Crippen molar-refractivity contribution < 1.29 is 13.9 Å². The topological polar surface area (TPSA) is 30.5 Å². The average molecular weight is 211 g/mol. The maximum absolute atomic E-state index is 13.8. The third kappa shape index (κ3) is 2.04. The summed E-state index contributed by atoms with van der Waals surface area (Å²) in [5.74, 6) is 0.476. The Hall–Kier alpha value is -1.29. The van der Waals surface area contributed by atoms with Gasteiger partial charge < -0.3 is 14.8 Å². The van der Waals surface area contributed by atoms with E-state index in [2.05, 4.69) is 5.32 Å². The molecule has 0 fully saturated rings. The first-order chi connectivity index (χ1) is 7.33. The van der Waals surface area contributed by atoms with Crippen molar-refractivity contribution in [2.75, 3.05) is 26.8 Å². The first-order valence-corrected chi connectivity index (χ1v) is 5.04. The van der Waals surface area contributed by atoms with E-state index >= 15 is 0 Å². The van der Waals surface area contributed by atoms with Gasteiger partial charge in [-0.05, 0) is 31.6 Å². The lowest BCUT2D eigenvalue weighted by molar-refractivity contribution is 0.164. The molecule has 0 aliphatic carbocycles. The summed E-state index contributed by atoms with van der Waals surface area (Å²) in [5, 5.41) is 2.98. The molecule has 1 aliphatic rings. The van der Waals surface area contributed by atoms with Gasteiger partial charge in [0.2, 0.25) is 0 Å². The van der Waals surface area contributed by atoms with Crippen LogP contribution in [0.2, 0.25) is 0 Å². The number of benzene rings is 1. The number of nitrogens with one attached hydrogen (secondary N) is 1. The summed E-state index contributed by atoms with van der Waals surface area (Å²) in [6, 6.07) is 3.52. The van der Waals surface area contributed by atoms with Crippen LogP contribution >= 0.6 is 0 Å². The number of halogens is 1. The summed E-state index contributed by atoms with van der Waals surface area (Å²) in [4.78, 5) is 0. The van der Waals surface area contributed by atoms with Gasteiger partial charge in [-0.15, -0.1) is 0 Å². The molecule has 0 spiro atoms. The van der Waals surface area contributed by atoms with Crippen LogP contribution in [0.5, 0.6) is 11.5 Å². The molecule has 0 unspecified atom stereocenters. The molecule has 4 heteroatoms. The van der Waals surface area contributed by atoms with E-state index in [-0.39, 0.29) is 11.6 Å². The van der Waals surface area contributed by atoms with E-state index in [4.69, 9.17) is 9.47 Å². The molecule has 0 saturated heterocycles. The van der Waals surface area contributed by atoms with Gasteiger partial charge in [0.15, 0.2) is 17.3 Å². The second-order valence-electron chi connectivity index (χ2n) is 3.42. The molecule has 1 heterocycles. The van der Waals surface area contributed by atoms with Gasteiger partial charge in [-0.2, -0.15) is 0 Å². The fourth-order valence-electron chi connectivity index (χ4n) is 1.58. The molecule has 0 aromatic heterocycles. The molecule has 3 nitrogen and oxygen atoms in total. The standard InChI is InChI=1S/C11H14FNO2/c1-13-5-4-8-2-3-9-11(10(8)12)15-7-6-14-9/h2-3,13H,4-7H2,1H3. The van der Waals surface area contributed by atoms with E-state index in [1.54, 1.807) is 12.1 Å². The van der Waals surface area contributed by atoms with Crippen molar-refractivity contribution in [2.45, 2.75) is 6.42 Å². The van der Waals surface area contributed by atoms with E-state index in [0.29, 0.717) is 30.9 Å². The van der Waals surface area contributed by atoms with E-state index in [9.17, 15) is 4.39 Å². The Morgan fingerprint density at radius 1 is 1.33 bits per heavy atom. The maximum atomic E-state index is 13.8. The van der Waals surface area contributed by atoms with Crippen LogP contribution in [0.4, 0.5) is 4.39 Å². The zero-order valence-corrected chi connectivity index (χ0v) is 8.68. The minimum absolute atomic E-state index is 0.259. The van der Waals surface area contributed by atoms with E-state index in [0.717, 1.165) is 6.54 Å². The molecular formula is C11H14FNO2. The molecule has 1 aromatic carbocycles. The molecule has 15 heavy (non-hydrogen) atoms. The van der Waals surface area contributed by atoms with E-state index < -0.39 is 0 Å². The summed E-state index contributed by atoms with van der Waals surface area (Å²) in [6.45, 7) is 1.65. The Morgan fingerprint density at radius 2 is 2.13 bits per heavy atom. The second kappa shape index (κ2) is 4.49. The van der Waals surface area contributed by atoms with Gasteiger partial charge in [-0.3, -0.25) is 0 Å². The predicted molar refractivity (Wildman–Crippen MR) is 55.0 cm³/mol. The van der Waals surface area contributed by atoms with E-state index in [1.165, 1.54) is 0 Å². The number of likely N-dealkylation sites (N-methyl/N-ethyl adjacent to an activating group) is 1. The fourth-order valence-corrected chi connectivity index (χ4v) is 1.58. The van der Waals surface area contributed by atoms with Crippen molar-refractivity contribution in [3.05, 3.63) is 23.5 Å². The summed E-state index contributed by atoms with van der Waals surface area (Å²) in [7, 11) is 1.84. The average Bonchev–Trinajstić information content (AvgIpc) is 2.29. The van der Waals surface area contributed by atoms with Crippen LogP contribution in [0, 0.1) is 5.82 Å². The van der Waals surface area contributed by atoms with Gasteiger partial charge in [-0.1, -0.05) is 6.07 Å². The Balaban J connectivity index is 2.26. The van der Waals surface area contributed by atoms with Crippen LogP contribution < -0.4 is 14.8 Å². The molecule has 1 aliphatic heterocycles. The molecule has 0 saturated carbocycles. The lowest BCUT2D eigenvalue weighted by atomic mass is 10.1. The van der Waals surface area contributed by atoms with Crippen molar-refractivity contribution in [1.82, 2.24) is 5.32 Å². The van der Waals surface area contributed by atoms with Crippen molar-refractivity contribution in [1.29, 1.82) is 0 Å². The lowest BCUT2D eigenvalue weighted by Crippen LogP contribution is -2.18. The normalized spacial score (nSPS) is 14.0. The Labute approximate surface area is 88.2 Å². The fraction of sp³-hybridized carbons (Fsp3) is 0.455. The number of ether oxygens (including phenoxy) is 2. The lowest BCUT2D eigenvalue weighted by Gasteiger charge is -2.19. The first kappa shape index (κ1) is 10.2.